The van der Waals surface area contributed by atoms with Gasteiger partial charge in [0.05, 0.1) is 18.6 Å². The highest BCUT2D eigenvalue weighted by Crippen LogP contribution is 2.18. The van der Waals surface area contributed by atoms with Gasteiger partial charge in [0.25, 0.3) is 0 Å². The van der Waals surface area contributed by atoms with Crippen LogP contribution in [0.1, 0.15) is 13.3 Å². The molecule has 1 saturated heterocycles. The standard InChI is InChI=1S/C10H18NO3/c1-3-11-6-5-9(12)8(7-11)10(13)14-4-2/h8-9,12H,1,3-7H2,2H3. The third-order valence-electron chi connectivity index (χ3n) is 2.57. The van der Waals surface area contributed by atoms with Crippen molar-refractivity contribution in [1.29, 1.82) is 0 Å². The van der Waals surface area contributed by atoms with Crippen molar-refractivity contribution in [2.45, 2.75) is 19.4 Å². The van der Waals surface area contributed by atoms with Gasteiger partial charge in [-0.1, -0.05) is 0 Å². The van der Waals surface area contributed by atoms with E-state index in [-0.39, 0.29) is 5.97 Å². The minimum atomic E-state index is -0.558. The number of nitrogens with zero attached hydrogens (tertiary/aromatic N) is 1. The monoisotopic (exact) mass is 200 g/mol. The van der Waals surface area contributed by atoms with Crippen LogP contribution in [-0.2, 0) is 9.53 Å². The fraction of sp³-hybridized carbons (Fsp3) is 0.800. The second-order valence-corrected chi connectivity index (χ2v) is 3.52. The van der Waals surface area contributed by atoms with Gasteiger partial charge in [-0.05, 0) is 26.8 Å². The average Bonchev–Trinajstić information content (AvgIpc) is 2.19. The molecule has 0 aromatic heterocycles. The van der Waals surface area contributed by atoms with Crippen LogP contribution in [0.5, 0.6) is 0 Å². The quantitative estimate of drug-likeness (QED) is 0.655. The summed E-state index contributed by atoms with van der Waals surface area (Å²) in [5.41, 5.74) is 0. The zero-order valence-corrected chi connectivity index (χ0v) is 8.61. The van der Waals surface area contributed by atoms with Gasteiger partial charge in [-0.3, -0.25) is 4.79 Å². The molecule has 1 aliphatic rings. The summed E-state index contributed by atoms with van der Waals surface area (Å²) in [5, 5.41) is 9.63. The van der Waals surface area contributed by atoms with Crippen LogP contribution in [0.25, 0.3) is 0 Å². The number of carbonyl (C=O) groups is 1. The highest BCUT2D eigenvalue weighted by atomic mass is 16.5. The number of hydrogen-bond donors (Lipinski definition) is 1. The van der Waals surface area contributed by atoms with Crippen LogP contribution in [0.3, 0.4) is 0 Å². The molecule has 0 aliphatic carbocycles. The Morgan fingerprint density at radius 1 is 1.71 bits per heavy atom. The summed E-state index contributed by atoms with van der Waals surface area (Å²) < 4.78 is 4.90. The molecule has 4 nitrogen and oxygen atoms in total. The lowest BCUT2D eigenvalue weighted by Crippen LogP contribution is -2.46. The normalized spacial score (nSPS) is 28.8. The minimum Gasteiger partial charge on any atom is -0.466 e. The van der Waals surface area contributed by atoms with Gasteiger partial charge in [-0.25, -0.2) is 0 Å². The number of likely N-dealkylation sites (tertiary alicyclic amines) is 1. The van der Waals surface area contributed by atoms with Crippen molar-refractivity contribution >= 4 is 5.97 Å². The van der Waals surface area contributed by atoms with E-state index in [4.69, 9.17) is 4.74 Å². The molecule has 0 aromatic carbocycles. The number of hydrogen-bond acceptors (Lipinski definition) is 4. The zero-order valence-electron chi connectivity index (χ0n) is 8.61. The Balaban J connectivity index is 2.51. The van der Waals surface area contributed by atoms with Crippen molar-refractivity contribution in [3.05, 3.63) is 6.92 Å². The minimum absolute atomic E-state index is 0.293. The maximum Gasteiger partial charge on any atom is 0.312 e. The average molecular weight is 200 g/mol. The second-order valence-electron chi connectivity index (χ2n) is 3.52. The Morgan fingerprint density at radius 2 is 2.43 bits per heavy atom. The molecule has 1 fully saturated rings. The number of esters is 1. The van der Waals surface area contributed by atoms with Crippen molar-refractivity contribution in [3.63, 3.8) is 0 Å². The van der Waals surface area contributed by atoms with E-state index in [0.717, 1.165) is 6.54 Å². The summed E-state index contributed by atoms with van der Waals surface area (Å²) in [7, 11) is 0. The van der Waals surface area contributed by atoms with E-state index in [0.29, 0.717) is 26.1 Å². The van der Waals surface area contributed by atoms with E-state index < -0.39 is 12.0 Å². The summed E-state index contributed by atoms with van der Waals surface area (Å²) in [6.07, 6.45) is 0.0655. The maximum absolute atomic E-state index is 11.4. The Kier molecular flexibility index (Phi) is 4.35. The molecule has 0 aromatic rings. The topological polar surface area (TPSA) is 49.8 Å². The van der Waals surface area contributed by atoms with Crippen LogP contribution in [-0.4, -0.2) is 48.3 Å². The summed E-state index contributed by atoms with van der Waals surface area (Å²) in [6, 6.07) is 0. The predicted octanol–water partition coefficient (Wildman–Crippen LogP) is 0.0664. The van der Waals surface area contributed by atoms with Crippen LogP contribution >= 0.6 is 0 Å². The summed E-state index contributed by atoms with van der Waals surface area (Å²) in [5.74, 6) is -0.691. The number of ether oxygens (including phenoxy) is 1. The first kappa shape index (κ1) is 11.5. The van der Waals surface area contributed by atoms with Gasteiger partial charge in [0.2, 0.25) is 0 Å². The molecule has 0 amide bonds. The smallest absolute Gasteiger partial charge is 0.312 e. The molecule has 2 atom stereocenters. The van der Waals surface area contributed by atoms with Gasteiger partial charge >= 0.3 is 5.97 Å². The predicted molar refractivity (Wildman–Crippen MR) is 52.5 cm³/mol. The number of carbonyl (C=O) groups excluding carboxylic acids is 1. The lowest BCUT2D eigenvalue weighted by molar-refractivity contribution is -0.155. The second kappa shape index (κ2) is 5.32. The molecule has 1 heterocycles. The van der Waals surface area contributed by atoms with Crippen LogP contribution < -0.4 is 0 Å². The Morgan fingerprint density at radius 3 is 3.00 bits per heavy atom. The van der Waals surface area contributed by atoms with Crippen molar-refractivity contribution < 1.29 is 14.6 Å². The molecule has 2 unspecified atom stereocenters. The lowest BCUT2D eigenvalue weighted by Gasteiger charge is -2.33. The molecule has 1 N–H and O–H groups in total. The van der Waals surface area contributed by atoms with Gasteiger partial charge in [0.1, 0.15) is 0 Å². The summed E-state index contributed by atoms with van der Waals surface area (Å²) in [6.45, 7) is 7.94. The number of rotatable bonds is 3. The molecule has 0 spiro atoms. The molecule has 0 bridgehead atoms. The first-order valence-corrected chi connectivity index (χ1v) is 5.05. The molecular formula is C10H18NO3. The Bertz CT molecular complexity index is 196. The van der Waals surface area contributed by atoms with E-state index in [9.17, 15) is 9.90 Å². The maximum atomic E-state index is 11.4. The van der Waals surface area contributed by atoms with Crippen molar-refractivity contribution in [2.75, 3.05) is 26.2 Å². The van der Waals surface area contributed by atoms with E-state index in [1.165, 1.54) is 0 Å². The molecule has 1 radical (unpaired) electrons. The van der Waals surface area contributed by atoms with Gasteiger partial charge in [0, 0.05) is 13.1 Å². The van der Waals surface area contributed by atoms with Crippen molar-refractivity contribution in [2.24, 2.45) is 5.92 Å². The lowest BCUT2D eigenvalue weighted by atomic mass is 9.95. The Hall–Kier alpha value is -0.610. The largest absolute Gasteiger partial charge is 0.466 e. The van der Waals surface area contributed by atoms with E-state index >= 15 is 0 Å². The van der Waals surface area contributed by atoms with Gasteiger partial charge in [-0.2, -0.15) is 0 Å². The SMILES string of the molecule is [CH2]CN1CCC(O)C(C(=O)OCC)C1. The fourth-order valence-corrected chi connectivity index (χ4v) is 1.69. The van der Waals surface area contributed by atoms with Gasteiger partial charge in [0.15, 0.2) is 0 Å². The summed E-state index contributed by atoms with van der Waals surface area (Å²) >= 11 is 0. The highest BCUT2D eigenvalue weighted by Gasteiger charge is 2.33. The molecule has 1 aliphatic heterocycles. The molecular weight excluding hydrogens is 182 g/mol. The van der Waals surface area contributed by atoms with E-state index in [2.05, 4.69) is 6.92 Å². The van der Waals surface area contributed by atoms with E-state index in [1.807, 2.05) is 4.90 Å². The third-order valence-corrected chi connectivity index (χ3v) is 2.57. The van der Waals surface area contributed by atoms with Crippen LogP contribution in [0.2, 0.25) is 0 Å². The van der Waals surface area contributed by atoms with Crippen LogP contribution in [0, 0.1) is 12.8 Å². The van der Waals surface area contributed by atoms with Crippen molar-refractivity contribution in [1.82, 2.24) is 4.90 Å². The van der Waals surface area contributed by atoms with Crippen LogP contribution in [0.4, 0.5) is 0 Å². The molecule has 14 heavy (non-hydrogen) atoms. The molecule has 1 rings (SSSR count). The first-order valence-electron chi connectivity index (χ1n) is 5.05. The zero-order chi connectivity index (χ0) is 10.6. The number of piperidine rings is 1. The van der Waals surface area contributed by atoms with E-state index in [1.54, 1.807) is 6.92 Å². The molecule has 4 heteroatoms. The highest BCUT2D eigenvalue weighted by molar-refractivity contribution is 5.73. The Labute approximate surface area is 84.8 Å². The van der Waals surface area contributed by atoms with Crippen molar-refractivity contribution in [3.8, 4) is 0 Å². The summed E-state index contributed by atoms with van der Waals surface area (Å²) in [4.78, 5) is 13.5. The number of aliphatic hydroxyl groups excluding tert-OH is 1. The molecule has 81 valence electrons. The van der Waals surface area contributed by atoms with Crippen LogP contribution in [0.15, 0.2) is 0 Å². The fourth-order valence-electron chi connectivity index (χ4n) is 1.69. The third kappa shape index (κ3) is 2.69. The molecule has 0 saturated carbocycles. The van der Waals surface area contributed by atoms with Gasteiger partial charge in [-0.15, -0.1) is 0 Å². The number of aliphatic hydroxyl groups is 1. The van der Waals surface area contributed by atoms with Gasteiger partial charge < -0.3 is 14.7 Å². The first-order chi connectivity index (χ1) is 6.69.